The highest BCUT2D eigenvalue weighted by Crippen LogP contribution is 2.25. The van der Waals surface area contributed by atoms with Crippen LogP contribution in [0.3, 0.4) is 0 Å². The van der Waals surface area contributed by atoms with Crippen LogP contribution in [0.25, 0.3) is 0 Å². The van der Waals surface area contributed by atoms with Crippen molar-refractivity contribution in [1.82, 2.24) is 4.90 Å². The van der Waals surface area contributed by atoms with Crippen LogP contribution in [0.5, 0.6) is 5.75 Å². The van der Waals surface area contributed by atoms with E-state index < -0.39 is 0 Å². The third-order valence-electron chi connectivity index (χ3n) is 3.20. The van der Waals surface area contributed by atoms with E-state index in [1.165, 1.54) is 32.4 Å². The Balaban J connectivity index is 1.86. The monoisotopic (exact) mass is 308 g/mol. The molecule has 1 aromatic carbocycles. The molecule has 0 amide bonds. The van der Waals surface area contributed by atoms with Crippen LogP contribution in [0.4, 0.5) is 0 Å². The Morgan fingerprint density at radius 3 is 2.78 bits per heavy atom. The summed E-state index contributed by atoms with van der Waals surface area (Å²) in [6, 6.07) is 7.76. The largest absolute Gasteiger partial charge is 0.491 e. The average Bonchev–Trinajstić information content (AvgIpc) is 2.40. The standard InChI is InChI=1S/C14H17BrN2O/c15-13-5-4-6-14(12(13)11-16)18-10-9-17-7-2-1-3-8-17/h4-6H,1-3,7-10H2. The topological polar surface area (TPSA) is 36.3 Å². The zero-order chi connectivity index (χ0) is 12.8. The van der Waals surface area contributed by atoms with Crippen molar-refractivity contribution in [3.8, 4) is 11.8 Å². The number of hydrogen-bond acceptors (Lipinski definition) is 3. The minimum absolute atomic E-state index is 0.580. The number of nitrogens with zero attached hydrogens (tertiary/aromatic N) is 2. The number of rotatable bonds is 4. The maximum atomic E-state index is 9.08. The molecule has 1 saturated heterocycles. The normalized spacial score (nSPS) is 16.2. The fourth-order valence-corrected chi connectivity index (χ4v) is 2.64. The molecule has 0 unspecified atom stereocenters. The molecule has 1 aliphatic heterocycles. The van der Waals surface area contributed by atoms with Crippen molar-refractivity contribution in [1.29, 1.82) is 5.26 Å². The lowest BCUT2D eigenvalue weighted by Gasteiger charge is -2.26. The zero-order valence-electron chi connectivity index (χ0n) is 10.4. The van der Waals surface area contributed by atoms with Crippen molar-refractivity contribution in [2.45, 2.75) is 19.3 Å². The van der Waals surface area contributed by atoms with E-state index >= 15 is 0 Å². The number of likely N-dealkylation sites (tertiary alicyclic amines) is 1. The fourth-order valence-electron chi connectivity index (χ4n) is 2.20. The lowest BCUT2D eigenvalue weighted by molar-refractivity contribution is 0.183. The van der Waals surface area contributed by atoms with Crippen LogP contribution in [0, 0.1) is 11.3 Å². The highest BCUT2D eigenvalue weighted by molar-refractivity contribution is 9.10. The fraction of sp³-hybridized carbons (Fsp3) is 0.500. The van der Waals surface area contributed by atoms with Gasteiger partial charge >= 0.3 is 0 Å². The lowest BCUT2D eigenvalue weighted by atomic mass is 10.1. The quantitative estimate of drug-likeness (QED) is 0.857. The summed E-state index contributed by atoms with van der Waals surface area (Å²) in [5, 5.41) is 9.08. The van der Waals surface area contributed by atoms with Crippen LogP contribution < -0.4 is 4.74 Å². The molecule has 1 heterocycles. The van der Waals surface area contributed by atoms with Crippen molar-refractivity contribution in [2.75, 3.05) is 26.2 Å². The van der Waals surface area contributed by atoms with E-state index in [2.05, 4.69) is 26.9 Å². The SMILES string of the molecule is N#Cc1c(Br)cccc1OCCN1CCCCC1. The number of benzene rings is 1. The first-order valence-electron chi connectivity index (χ1n) is 6.35. The first-order valence-corrected chi connectivity index (χ1v) is 7.14. The second-order valence-electron chi connectivity index (χ2n) is 4.48. The summed E-state index contributed by atoms with van der Waals surface area (Å²) >= 11 is 3.36. The molecular formula is C14H17BrN2O. The highest BCUT2D eigenvalue weighted by atomic mass is 79.9. The van der Waals surface area contributed by atoms with E-state index in [1.807, 2.05) is 18.2 Å². The summed E-state index contributed by atoms with van der Waals surface area (Å²) in [5.41, 5.74) is 0.580. The number of piperidine rings is 1. The number of halogens is 1. The van der Waals surface area contributed by atoms with Crippen molar-refractivity contribution in [3.05, 3.63) is 28.2 Å². The maximum absolute atomic E-state index is 9.08. The van der Waals surface area contributed by atoms with Gasteiger partial charge in [-0.2, -0.15) is 5.26 Å². The molecule has 0 spiro atoms. The van der Waals surface area contributed by atoms with Gasteiger partial charge in [0.25, 0.3) is 0 Å². The molecule has 0 radical (unpaired) electrons. The van der Waals surface area contributed by atoms with Gasteiger partial charge in [-0.3, -0.25) is 4.90 Å². The summed E-state index contributed by atoms with van der Waals surface area (Å²) in [5.74, 6) is 0.670. The van der Waals surface area contributed by atoms with Crippen molar-refractivity contribution < 1.29 is 4.74 Å². The molecule has 0 aromatic heterocycles. The predicted octanol–water partition coefficient (Wildman–Crippen LogP) is 3.19. The van der Waals surface area contributed by atoms with Crippen LogP contribution in [0.2, 0.25) is 0 Å². The van der Waals surface area contributed by atoms with Gasteiger partial charge < -0.3 is 4.74 Å². The van der Waals surface area contributed by atoms with Crippen LogP contribution >= 0.6 is 15.9 Å². The Labute approximate surface area is 116 Å². The average molecular weight is 309 g/mol. The summed E-state index contributed by atoms with van der Waals surface area (Å²) in [6.45, 7) is 3.93. The Hall–Kier alpha value is -1.05. The van der Waals surface area contributed by atoms with Gasteiger partial charge in [-0.25, -0.2) is 0 Å². The number of ether oxygens (including phenoxy) is 1. The van der Waals surface area contributed by atoms with Gasteiger partial charge in [0.15, 0.2) is 0 Å². The number of hydrogen-bond donors (Lipinski definition) is 0. The zero-order valence-corrected chi connectivity index (χ0v) is 11.9. The van der Waals surface area contributed by atoms with Crippen LogP contribution in [0.15, 0.2) is 22.7 Å². The molecule has 1 fully saturated rings. The van der Waals surface area contributed by atoms with Crippen LogP contribution in [0.1, 0.15) is 24.8 Å². The third-order valence-corrected chi connectivity index (χ3v) is 3.86. The smallest absolute Gasteiger partial charge is 0.138 e. The first kappa shape index (κ1) is 13.4. The van der Waals surface area contributed by atoms with Crippen molar-refractivity contribution in [3.63, 3.8) is 0 Å². The molecule has 1 aliphatic rings. The van der Waals surface area contributed by atoms with Gasteiger partial charge in [0.05, 0.1) is 0 Å². The van der Waals surface area contributed by atoms with E-state index in [0.717, 1.165) is 11.0 Å². The first-order chi connectivity index (χ1) is 8.81. The molecule has 0 aliphatic carbocycles. The molecule has 0 atom stereocenters. The molecule has 96 valence electrons. The van der Waals surface area contributed by atoms with E-state index in [9.17, 15) is 0 Å². The minimum atomic E-state index is 0.580. The van der Waals surface area contributed by atoms with Gasteiger partial charge in [-0.1, -0.05) is 12.5 Å². The number of nitriles is 1. The Morgan fingerprint density at radius 2 is 2.06 bits per heavy atom. The summed E-state index contributed by atoms with van der Waals surface area (Å²) < 4.78 is 6.51. The molecule has 4 heteroatoms. The molecule has 2 rings (SSSR count). The van der Waals surface area contributed by atoms with Crippen molar-refractivity contribution >= 4 is 15.9 Å². The Bertz CT molecular complexity index is 436. The van der Waals surface area contributed by atoms with Crippen LogP contribution in [-0.2, 0) is 0 Å². The highest BCUT2D eigenvalue weighted by Gasteiger charge is 2.11. The molecule has 0 N–H and O–H groups in total. The van der Waals surface area contributed by atoms with E-state index in [-0.39, 0.29) is 0 Å². The Morgan fingerprint density at radius 1 is 1.28 bits per heavy atom. The van der Waals surface area contributed by atoms with E-state index in [1.54, 1.807) is 0 Å². The lowest BCUT2D eigenvalue weighted by Crippen LogP contribution is -2.33. The molecule has 3 nitrogen and oxygen atoms in total. The summed E-state index contributed by atoms with van der Waals surface area (Å²) in [7, 11) is 0. The van der Waals surface area contributed by atoms with Gasteiger partial charge in [0.2, 0.25) is 0 Å². The summed E-state index contributed by atoms with van der Waals surface area (Å²) in [4.78, 5) is 2.42. The van der Waals surface area contributed by atoms with Gasteiger partial charge in [0, 0.05) is 11.0 Å². The van der Waals surface area contributed by atoms with E-state index in [0.29, 0.717) is 17.9 Å². The van der Waals surface area contributed by atoms with Crippen LogP contribution in [-0.4, -0.2) is 31.1 Å². The predicted molar refractivity (Wildman–Crippen MR) is 74.6 cm³/mol. The molecule has 1 aromatic rings. The second-order valence-corrected chi connectivity index (χ2v) is 5.33. The molecular weight excluding hydrogens is 292 g/mol. The van der Waals surface area contributed by atoms with Gasteiger partial charge in [-0.05, 0) is 54.0 Å². The second kappa shape index (κ2) is 6.77. The molecule has 18 heavy (non-hydrogen) atoms. The van der Waals surface area contributed by atoms with Gasteiger partial charge in [-0.15, -0.1) is 0 Å². The molecule has 0 saturated carbocycles. The third kappa shape index (κ3) is 3.47. The van der Waals surface area contributed by atoms with Gasteiger partial charge in [0.1, 0.15) is 24.0 Å². The Kier molecular flexibility index (Phi) is 5.03. The van der Waals surface area contributed by atoms with Crippen molar-refractivity contribution in [2.24, 2.45) is 0 Å². The minimum Gasteiger partial charge on any atom is -0.491 e. The maximum Gasteiger partial charge on any atom is 0.138 e. The summed E-state index contributed by atoms with van der Waals surface area (Å²) in [6.07, 6.45) is 3.93. The van der Waals surface area contributed by atoms with E-state index in [4.69, 9.17) is 10.00 Å². The molecule has 0 bridgehead atoms.